The number of hydrogen-bond donors (Lipinski definition) is 2. The SMILES string of the molecule is C=C1N(CC(O)CCC)C(=O)N(C)C(=O)N1CC(O)CC(C)C. The number of nitrogens with zero attached hydrogens (tertiary/aromatic N) is 3. The molecule has 1 saturated heterocycles. The van der Waals surface area contributed by atoms with Crippen LogP contribution in [0.25, 0.3) is 0 Å². The molecule has 2 N–H and O–H groups in total. The lowest BCUT2D eigenvalue weighted by Crippen LogP contribution is -2.60. The Kier molecular flexibility index (Phi) is 7.02. The second kappa shape index (κ2) is 8.31. The zero-order valence-corrected chi connectivity index (χ0v) is 14.5. The Morgan fingerprint density at radius 3 is 1.96 bits per heavy atom. The predicted octanol–water partition coefficient (Wildman–Crippen LogP) is 1.81. The Morgan fingerprint density at radius 2 is 1.52 bits per heavy atom. The minimum Gasteiger partial charge on any atom is -0.391 e. The maximum absolute atomic E-state index is 12.3. The van der Waals surface area contributed by atoms with Crippen LogP contribution in [0.3, 0.4) is 0 Å². The van der Waals surface area contributed by atoms with Crippen LogP contribution in [0, 0.1) is 5.92 Å². The molecule has 132 valence electrons. The minimum atomic E-state index is -0.695. The molecule has 1 aliphatic rings. The van der Waals surface area contributed by atoms with Gasteiger partial charge in [-0.1, -0.05) is 33.8 Å². The van der Waals surface area contributed by atoms with Gasteiger partial charge in [-0.25, -0.2) is 14.5 Å². The van der Waals surface area contributed by atoms with Crippen LogP contribution in [0.5, 0.6) is 0 Å². The summed E-state index contributed by atoms with van der Waals surface area (Å²) in [7, 11) is 1.39. The van der Waals surface area contributed by atoms with E-state index >= 15 is 0 Å². The first kappa shape index (κ1) is 19.4. The van der Waals surface area contributed by atoms with E-state index in [2.05, 4.69) is 6.58 Å². The molecule has 0 saturated carbocycles. The van der Waals surface area contributed by atoms with Gasteiger partial charge in [0.1, 0.15) is 5.82 Å². The van der Waals surface area contributed by atoms with Crippen molar-refractivity contribution in [1.29, 1.82) is 0 Å². The average Bonchev–Trinajstić information content (AvgIpc) is 2.45. The summed E-state index contributed by atoms with van der Waals surface area (Å²) in [5, 5.41) is 20.1. The molecule has 0 aromatic heterocycles. The van der Waals surface area contributed by atoms with Crippen molar-refractivity contribution in [3.8, 4) is 0 Å². The molecule has 0 bridgehead atoms. The first-order valence-electron chi connectivity index (χ1n) is 8.10. The highest BCUT2D eigenvalue weighted by molar-refractivity contribution is 5.97. The topological polar surface area (TPSA) is 84.3 Å². The van der Waals surface area contributed by atoms with Crippen LogP contribution in [0.4, 0.5) is 9.59 Å². The number of imide groups is 1. The van der Waals surface area contributed by atoms with E-state index in [0.717, 1.165) is 11.3 Å². The van der Waals surface area contributed by atoms with Gasteiger partial charge in [0.2, 0.25) is 0 Å². The van der Waals surface area contributed by atoms with Gasteiger partial charge in [-0.05, 0) is 18.8 Å². The Balaban J connectivity index is 2.87. The number of aliphatic hydroxyl groups is 2. The fraction of sp³-hybridized carbons (Fsp3) is 0.750. The highest BCUT2D eigenvalue weighted by Crippen LogP contribution is 2.22. The molecular weight excluding hydrogens is 298 g/mol. The van der Waals surface area contributed by atoms with Gasteiger partial charge in [-0.2, -0.15) is 0 Å². The van der Waals surface area contributed by atoms with Crippen molar-refractivity contribution in [2.45, 2.75) is 52.2 Å². The van der Waals surface area contributed by atoms with Crippen molar-refractivity contribution in [2.24, 2.45) is 5.92 Å². The Hall–Kier alpha value is -1.60. The normalized spacial score (nSPS) is 18.9. The number of β-amino-alcohol motifs (C(OH)–C–C–N with tert-alkyl or cyclic N) is 2. The first-order valence-corrected chi connectivity index (χ1v) is 8.10. The maximum atomic E-state index is 12.3. The molecule has 7 nitrogen and oxygen atoms in total. The summed E-state index contributed by atoms with van der Waals surface area (Å²) in [4.78, 5) is 28.1. The van der Waals surface area contributed by atoms with Gasteiger partial charge < -0.3 is 10.2 Å². The Morgan fingerprint density at radius 1 is 1.04 bits per heavy atom. The van der Waals surface area contributed by atoms with E-state index < -0.39 is 24.3 Å². The molecule has 0 radical (unpaired) electrons. The van der Waals surface area contributed by atoms with Gasteiger partial charge in [0.25, 0.3) is 0 Å². The number of carbonyl (C=O) groups excluding carboxylic acids is 2. The number of urea groups is 2. The molecule has 0 spiro atoms. The predicted molar refractivity (Wildman–Crippen MR) is 87.5 cm³/mol. The van der Waals surface area contributed by atoms with Crippen molar-refractivity contribution in [2.75, 3.05) is 20.1 Å². The van der Waals surface area contributed by atoms with Crippen molar-refractivity contribution in [1.82, 2.24) is 14.7 Å². The summed E-state index contributed by atoms with van der Waals surface area (Å²) >= 11 is 0. The number of carbonyl (C=O) groups is 2. The van der Waals surface area contributed by atoms with Crippen molar-refractivity contribution in [3.63, 3.8) is 0 Å². The summed E-state index contributed by atoms with van der Waals surface area (Å²) in [5.41, 5.74) is 0. The van der Waals surface area contributed by atoms with Crippen LogP contribution in [-0.2, 0) is 0 Å². The second-order valence-corrected chi connectivity index (χ2v) is 6.49. The monoisotopic (exact) mass is 327 g/mol. The quantitative estimate of drug-likeness (QED) is 0.712. The molecule has 2 unspecified atom stereocenters. The lowest BCUT2D eigenvalue weighted by Gasteiger charge is -2.42. The van der Waals surface area contributed by atoms with E-state index in [0.29, 0.717) is 18.8 Å². The van der Waals surface area contributed by atoms with Gasteiger partial charge in [0.05, 0.1) is 25.3 Å². The van der Waals surface area contributed by atoms with E-state index in [1.54, 1.807) is 0 Å². The molecule has 7 heteroatoms. The van der Waals surface area contributed by atoms with Crippen molar-refractivity contribution in [3.05, 3.63) is 12.4 Å². The molecule has 4 amide bonds. The fourth-order valence-electron chi connectivity index (χ4n) is 2.64. The molecule has 1 fully saturated rings. The Bertz CT molecular complexity index is 453. The van der Waals surface area contributed by atoms with Crippen LogP contribution in [-0.4, -0.2) is 69.3 Å². The van der Waals surface area contributed by atoms with Gasteiger partial charge in [-0.15, -0.1) is 0 Å². The molecule has 23 heavy (non-hydrogen) atoms. The molecule has 1 heterocycles. The number of rotatable bonds is 8. The van der Waals surface area contributed by atoms with E-state index in [9.17, 15) is 19.8 Å². The van der Waals surface area contributed by atoms with E-state index in [1.165, 1.54) is 16.8 Å². The third kappa shape index (κ3) is 4.94. The highest BCUT2D eigenvalue weighted by Gasteiger charge is 2.39. The summed E-state index contributed by atoms with van der Waals surface area (Å²) in [6.07, 6.45) is 0.531. The number of aliphatic hydroxyl groups excluding tert-OH is 2. The van der Waals surface area contributed by atoms with Crippen LogP contribution in [0.1, 0.15) is 40.0 Å². The van der Waals surface area contributed by atoms with Crippen LogP contribution < -0.4 is 0 Å². The molecule has 2 atom stereocenters. The van der Waals surface area contributed by atoms with Crippen molar-refractivity contribution >= 4 is 12.1 Å². The minimum absolute atomic E-state index is 0.0772. The first-order chi connectivity index (χ1) is 10.7. The third-order valence-corrected chi connectivity index (χ3v) is 3.81. The summed E-state index contributed by atoms with van der Waals surface area (Å²) in [6.45, 7) is 9.89. The van der Waals surface area contributed by atoms with Crippen LogP contribution >= 0.6 is 0 Å². The molecular formula is C16H29N3O4. The van der Waals surface area contributed by atoms with Crippen LogP contribution in [0.2, 0.25) is 0 Å². The molecule has 0 aromatic rings. The summed E-state index contributed by atoms with van der Waals surface area (Å²) in [5.74, 6) is 0.496. The van der Waals surface area contributed by atoms with Gasteiger partial charge in [0, 0.05) is 7.05 Å². The fourth-order valence-corrected chi connectivity index (χ4v) is 2.64. The second-order valence-electron chi connectivity index (χ2n) is 6.49. The summed E-state index contributed by atoms with van der Waals surface area (Å²) < 4.78 is 0. The lowest BCUT2D eigenvalue weighted by molar-refractivity contribution is 0.0611. The number of amides is 4. The highest BCUT2D eigenvalue weighted by atomic mass is 16.3. The Labute approximate surface area is 138 Å². The summed E-state index contributed by atoms with van der Waals surface area (Å²) in [6, 6.07) is -1.02. The zero-order chi connectivity index (χ0) is 17.7. The number of hydrogen-bond acceptors (Lipinski definition) is 4. The van der Waals surface area contributed by atoms with Gasteiger partial charge in [0.15, 0.2) is 0 Å². The molecule has 1 aliphatic heterocycles. The third-order valence-electron chi connectivity index (χ3n) is 3.81. The average molecular weight is 327 g/mol. The molecule has 0 aromatic carbocycles. The molecule has 1 rings (SSSR count). The van der Waals surface area contributed by atoms with E-state index in [4.69, 9.17) is 0 Å². The lowest BCUT2D eigenvalue weighted by atomic mass is 10.1. The maximum Gasteiger partial charge on any atom is 0.333 e. The van der Waals surface area contributed by atoms with E-state index in [-0.39, 0.29) is 18.9 Å². The van der Waals surface area contributed by atoms with Crippen LogP contribution in [0.15, 0.2) is 12.4 Å². The standard InChI is InChI=1S/C16H29N3O4/c1-6-7-13(20)9-18-12(4)19(10-14(21)8-11(2)3)16(23)17(5)15(18)22/h11,13-14,20-21H,4,6-10H2,1-3,5H3. The zero-order valence-electron chi connectivity index (χ0n) is 14.5. The van der Waals surface area contributed by atoms with E-state index in [1.807, 2.05) is 20.8 Å². The van der Waals surface area contributed by atoms with Gasteiger partial charge >= 0.3 is 12.1 Å². The van der Waals surface area contributed by atoms with Crippen molar-refractivity contribution < 1.29 is 19.8 Å². The molecule has 0 aliphatic carbocycles. The largest absolute Gasteiger partial charge is 0.391 e. The van der Waals surface area contributed by atoms with Gasteiger partial charge in [-0.3, -0.25) is 9.80 Å². The smallest absolute Gasteiger partial charge is 0.333 e.